The van der Waals surface area contributed by atoms with E-state index in [-0.39, 0.29) is 0 Å². The third kappa shape index (κ3) is 2.76. The van der Waals surface area contributed by atoms with Gasteiger partial charge in [0.25, 0.3) is 0 Å². The Balaban J connectivity index is 2.12. The lowest BCUT2D eigenvalue weighted by atomic mass is 10.2. The SMILES string of the molecule is Cc1nc([C@@H](C)N(C)Cc2snnc2C)c(C)s1. The molecule has 0 saturated carbocycles. The molecule has 2 aromatic rings. The summed E-state index contributed by atoms with van der Waals surface area (Å²) in [6, 6.07) is 0.316. The number of nitrogens with zero attached hydrogens (tertiary/aromatic N) is 4. The number of aryl methyl sites for hydroxylation is 3. The molecule has 0 aliphatic carbocycles. The van der Waals surface area contributed by atoms with Crippen molar-refractivity contribution in [2.45, 2.75) is 40.3 Å². The van der Waals surface area contributed by atoms with Gasteiger partial charge in [0.15, 0.2) is 0 Å². The molecule has 0 N–H and O–H groups in total. The molecule has 0 aliphatic heterocycles. The first-order valence-electron chi connectivity index (χ1n) is 5.91. The predicted octanol–water partition coefficient (Wildman–Crippen LogP) is 3.11. The van der Waals surface area contributed by atoms with Crippen molar-refractivity contribution in [1.29, 1.82) is 0 Å². The Morgan fingerprint density at radius 2 is 2.00 bits per heavy atom. The van der Waals surface area contributed by atoms with Gasteiger partial charge in [-0.05, 0) is 46.3 Å². The van der Waals surface area contributed by atoms with Crippen LogP contribution in [0, 0.1) is 20.8 Å². The fourth-order valence-corrected chi connectivity index (χ4v) is 3.50. The molecule has 18 heavy (non-hydrogen) atoms. The summed E-state index contributed by atoms with van der Waals surface area (Å²) < 4.78 is 3.98. The predicted molar refractivity (Wildman–Crippen MR) is 76.1 cm³/mol. The highest BCUT2D eigenvalue weighted by atomic mass is 32.1. The molecule has 0 radical (unpaired) electrons. The minimum atomic E-state index is 0.316. The molecule has 6 heteroatoms. The van der Waals surface area contributed by atoms with E-state index in [1.165, 1.54) is 27.0 Å². The molecule has 2 rings (SSSR count). The zero-order valence-electron chi connectivity index (χ0n) is 11.4. The van der Waals surface area contributed by atoms with Gasteiger partial charge >= 0.3 is 0 Å². The summed E-state index contributed by atoms with van der Waals surface area (Å²) >= 11 is 3.25. The highest BCUT2D eigenvalue weighted by molar-refractivity contribution is 7.11. The maximum Gasteiger partial charge on any atom is 0.0900 e. The van der Waals surface area contributed by atoms with Gasteiger partial charge < -0.3 is 0 Å². The number of rotatable bonds is 4. The van der Waals surface area contributed by atoms with Crippen LogP contribution in [0.4, 0.5) is 0 Å². The van der Waals surface area contributed by atoms with Crippen molar-refractivity contribution in [3.05, 3.63) is 26.1 Å². The van der Waals surface area contributed by atoms with E-state index in [4.69, 9.17) is 0 Å². The van der Waals surface area contributed by atoms with Crippen LogP contribution in [0.15, 0.2) is 0 Å². The lowest BCUT2D eigenvalue weighted by Crippen LogP contribution is -2.22. The minimum Gasteiger partial charge on any atom is -0.293 e. The topological polar surface area (TPSA) is 41.9 Å². The second-order valence-corrected chi connectivity index (χ2v) is 6.79. The maximum absolute atomic E-state index is 4.63. The summed E-state index contributed by atoms with van der Waals surface area (Å²) in [6.07, 6.45) is 0. The van der Waals surface area contributed by atoms with E-state index in [9.17, 15) is 0 Å². The number of aromatic nitrogens is 3. The Labute approximate surface area is 116 Å². The largest absolute Gasteiger partial charge is 0.293 e. The van der Waals surface area contributed by atoms with Crippen LogP contribution in [0.25, 0.3) is 0 Å². The Bertz CT molecular complexity index is 532. The Kier molecular flexibility index (Phi) is 4.09. The molecular formula is C12H18N4S2. The van der Waals surface area contributed by atoms with Crippen molar-refractivity contribution in [2.75, 3.05) is 7.05 Å². The van der Waals surface area contributed by atoms with E-state index < -0.39 is 0 Å². The molecule has 0 bridgehead atoms. The third-order valence-electron chi connectivity index (χ3n) is 3.13. The van der Waals surface area contributed by atoms with Crippen molar-refractivity contribution in [2.24, 2.45) is 0 Å². The highest BCUT2D eigenvalue weighted by Gasteiger charge is 2.19. The molecule has 1 atom stereocenters. The molecule has 0 amide bonds. The van der Waals surface area contributed by atoms with Gasteiger partial charge in [-0.25, -0.2) is 4.98 Å². The van der Waals surface area contributed by atoms with E-state index in [1.54, 1.807) is 11.3 Å². The van der Waals surface area contributed by atoms with Gasteiger partial charge in [0.1, 0.15) is 0 Å². The van der Waals surface area contributed by atoms with Gasteiger partial charge in [-0.3, -0.25) is 4.90 Å². The second kappa shape index (κ2) is 5.42. The van der Waals surface area contributed by atoms with Gasteiger partial charge in [0, 0.05) is 11.4 Å². The molecule has 0 unspecified atom stereocenters. The minimum absolute atomic E-state index is 0.316. The van der Waals surface area contributed by atoms with Gasteiger partial charge in [-0.2, -0.15) is 0 Å². The first-order chi connectivity index (χ1) is 8.49. The van der Waals surface area contributed by atoms with Gasteiger partial charge in [-0.1, -0.05) is 4.49 Å². The molecule has 0 saturated heterocycles. The summed E-state index contributed by atoms with van der Waals surface area (Å²) in [6.45, 7) is 9.29. The number of thiazole rings is 1. The van der Waals surface area contributed by atoms with Crippen LogP contribution < -0.4 is 0 Å². The number of hydrogen-bond acceptors (Lipinski definition) is 6. The van der Waals surface area contributed by atoms with E-state index in [1.807, 2.05) is 6.92 Å². The Morgan fingerprint density at radius 1 is 1.28 bits per heavy atom. The van der Waals surface area contributed by atoms with Crippen LogP contribution in [0.5, 0.6) is 0 Å². The van der Waals surface area contributed by atoms with E-state index in [0.717, 1.165) is 17.2 Å². The first kappa shape index (κ1) is 13.6. The van der Waals surface area contributed by atoms with E-state index >= 15 is 0 Å². The highest BCUT2D eigenvalue weighted by Crippen LogP contribution is 2.27. The standard InChI is InChI=1S/C12H18N4S2/c1-7-11(18-15-14-7)6-16(5)8(2)12-9(3)17-10(4)13-12/h8H,6H2,1-5H3/t8-/m1/s1. The molecule has 2 aromatic heterocycles. The molecule has 0 aliphatic rings. The third-order valence-corrected chi connectivity index (χ3v) is 4.84. The average Bonchev–Trinajstić information content (AvgIpc) is 2.85. The van der Waals surface area contributed by atoms with Crippen molar-refractivity contribution < 1.29 is 0 Å². The molecule has 2 heterocycles. The molecule has 4 nitrogen and oxygen atoms in total. The zero-order valence-corrected chi connectivity index (χ0v) is 13.0. The lowest BCUT2D eigenvalue weighted by Gasteiger charge is -2.23. The van der Waals surface area contributed by atoms with Gasteiger partial charge in [-0.15, -0.1) is 16.4 Å². The molecule has 98 valence electrons. The number of hydrogen-bond donors (Lipinski definition) is 0. The van der Waals surface area contributed by atoms with E-state index in [2.05, 4.69) is 47.3 Å². The maximum atomic E-state index is 4.63. The van der Waals surface area contributed by atoms with Crippen LogP contribution >= 0.6 is 22.9 Å². The van der Waals surface area contributed by atoms with Crippen LogP contribution in [-0.4, -0.2) is 26.5 Å². The summed E-state index contributed by atoms with van der Waals surface area (Å²) in [5.41, 5.74) is 2.22. The fourth-order valence-electron chi connectivity index (χ4n) is 1.90. The fraction of sp³-hybridized carbons (Fsp3) is 0.583. The summed E-state index contributed by atoms with van der Waals surface area (Å²) in [5.74, 6) is 0. The normalized spacial score (nSPS) is 13.2. The summed E-state index contributed by atoms with van der Waals surface area (Å²) in [7, 11) is 2.12. The van der Waals surface area contributed by atoms with Gasteiger partial charge in [0.05, 0.1) is 27.3 Å². The second-order valence-electron chi connectivity index (χ2n) is 4.55. The molecular weight excluding hydrogens is 264 g/mol. The van der Waals surface area contributed by atoms with Crippen molar-refractivity contribution in [1.82, 2.24) is 19.5 Å². The first-order valence-corrected chi connectivity index (χ1v) is 7.50. The Hall–Kier alpha value is -0.850. The monoisotopic (exact) mass is 282 g/mol. The Morgan fingerprint density at radius 3 is 2.50 bits per heavy atom. The van der Waals surface area contributed by atoms with Crippen LogP contribution in [0.1, 0.15) is 39.1 Å². The van der Waals surface area contributed by atoms with Crippen molar-refractivity contribution >= 4 is 22.9 Å². The van der Waals surface area contributed by atoms with Crippen molar-refractivity contribution in [3.8, 4) is 0 Å². The van der Waals surface area contributed by atoms with Crippen molar-refractivity contribution in [3.63, 3.8) is 0 Å². The zero-order chi connectivity index (χ0) is 13.3. The molecule has 0 spiro atoms. The van der Waals surface area contributed by atoms with Gasteiger partial charge in [0.2, 0.25) is 0 Å². The quantitative estimate of drug-likeness (QED) is 0.864. The molecule has 0 aromatic carbocycles. The average molecular weight is 282 g/mol. The van der Waals surface area contributed by atoms with E-state index in [0.29, 0.717) is 6.04 Å². The molecule has 0 fully saturated rings. The van der Waals surface area contributed by atoms with Crippen LogP contribution in [0.3, 0.4) is 0 Å². The summed E-state index contributed by atoms with van der Waals surface area (Å²) in [5, 5.41) is 5.19. The van der Waals surface area contributed by atoms with Crippen LogP contribution in [-0.2, 0) is 6.54 Å². The lowest BCUT2D eigenvalue weighted by molar-refractivity contribution is 0.250. The van der Waals surface area contributed by atoms with Crippen LogP contribution in [0.2, 0.25) is 0 Å². The summed E-state index contributed by atoms with van der Waals surface area (Å²) in [4.78, 5) is 9.47. The smallest absolute Gasteiger partial charge is 0.0900 e.